The molecule has 110 valence electrons. The topological polar surface area (TPSA) is 32.3 Å². The van der Waals surface area contributed by atoms with Crippen LogP contribution in [0.4, 0.5) is 10.1 Å². The second-order valence-electron chi connectivity index (χ2n) is 5.74. The van der Waals surface area contributed by atoms with Crippen LogP contribution in [0.1, 0.15) is 27.2 Å². The van der Waals surface area contributed by atoms with Gasteiger partial charge < -0.3 is 10.2 Å². The molecule has 4 heteroatoms. The van der Waals surface area contributed by atoms with Crippen LogP contribution >= 0.6 is 0 Å². The number of amides is 1. The van der Waals surface area contributed by atoms with Gasteiger partial charge in [-0.2, -0.15) is 0 Å². The van der Waals surface area contributed by atoms with Crippen molar-refractivity contribution in [2.45, 2.75) is 27.2 Å². The van der Waals surface area contributed by atoms with Crippen LogP contribution in [0.5, 0.6) is 0 Å². The molecule has 3 nitrogen and oxygen atoms in total. The van der Waals surface area contributed by atoms with Crippen LogP contribution in [-0.4, -0.2) is 25.5 Å². The summed E-state index contributed by atoms with van der Waals surface area (Å²) in [6.07, 6.45) is 0.814. The zero-order valence-corrected chi connectivity index (χ0v) is 12.4. The Kier molecular flexibility index (Phi) is 4.43. The number of halogens is 1. The van der Waals surface area contributed by atoms with E-state index in [4.69, 9.17) is 0 Å². The third-order valence-electron chi connectivity index (χ3n) is 4.42. The van der Waals surface area contributed by atoms with E-state index < -0.39 is 5.41 Å². The normalized spacial score (nSPS) is 22.2. The second kappa shape index (κ2) is 5.92. The summed E-state index contributed by atoms with van der Waals surface area (Å²) in [5.74, 6) is -0.0801. The maximum Gasteiger partial charge on any atom is 0.234 e. The number of nitrogens with zero attached hydrogens (tertiary/aromatic N) is 1. The average Bonchev–Trinajstić information content (AvgIpc) is 2.92. The van der Waals surface area contributed by atoms with Gasteiger partial charge in [-0.25, -0.2) is 4.39 Å². The fraction of sp³-hybridized carbons (Fsp3) is 0.562. The lowest BCUT2D eigenvalue weighted by atomic mass is 9.75. The Labute approximate surface area is 120 Å². The lowest BCUT2D eigenvalue weighted by Crippen LogP contribution is -2.48. The van der Waals surface area contributed by atoms with Gasteiger partial charge in [-0.05, 0) is 37.9 Å². The van der Waals surface area contributed by atoms with Crippen molar-refractivity contribution in [3.63, 3.8) is 0 Å². The molecule has 20 heavy (non-hydrogen) atoms. The Morgan fingerprint density at radius 3 is 2.65 bits per heavy atom. The Morgan fingerprint density at radius 2 is 2.15 bits per heavy atom. The number of carbonyl (C=O) groups excluding carboxylic acids is 1. The highest BCUT2D eigenvalue weighted by Gasteiger charge is 2.46. The summed E-state index contributed by atoms with van der Waals surface area (Å²) in [4.78, 5) is 14.6. The zero-order chi connectivity index (χ0) is 14.8. The Morgan fingerprint density at radius 1 is 1.45 bits per heavy atom. The van der Waals surface area contributed by atoms with Crippen molar-refractivity contribution < 1.29 is 9.18 Å². The van der Waals surface area contributed by atoms with Gasteiger partial charge in [0.05, 0.1) is 11.1 Å². The smallest absolute Gasteiger partial charge is 0.234 e. The molecule has 0 radical (unpaired) electrons. The number of carbonyl (C=O) groups is 1. The second-order valence-corrected chi connectivity index (χ2v) is 5.74. The molecule has 1 fully saturated rings. The molecule has 2 rings (SSSR count). The average molecular weight is 278 g/mol. The number of para-hydroxylation sites is 1. The Bertz CT molecular complexity index is 481. The van der Waals surface area contributed by atoms with E-state index in [-0.39, 0.29) is 17.6 Å². The van der Waals surface area contributed by atoms with Crippen LogP contribution in [0.3, 0.4) is 0 Å². The monoisotopic (exact) mass is 278 g/mol. The maximum atomic E-state index is 14.0. The fourth-order valence-electron chi connectivity index (χ4n) is 3.00. The summed E-state index contributed by atoms with van der Waals surface area (Å²) >= 11 is 0. The van der Waals surface area contributed by atoms with E-state index in [0.717, 1.165) is 13.0 Å². The standard InChI is InChI=1S/C16H23FN2O/c1-4-19(14-8-6-5-7-13(14)17)15(20)16(12(2)3)9-10-18-11-16/h5-8,12,18H,4,9-11H2,1-3H3. The summed E-state index contributed by atoms with van der Waals surface area (Å²) in [7, 11) is 0. The molecule has 0 spiro atoms. The van der Waals surface area contributed by atoms with Crippen LogP contribution in [-0.2, 0) is 4.79 Å². The van der Waals surface area contributed by atoms with E-state index >= 15 is 0 Å². The van der Waals surface area contributed by atoms with E-state index in [2.05, 4.69) is 19.2 Å². The predicted octanol–water partition coefficient (Wildman–Crippen LogP) is 2.81. The Balaban J connectivity index is 2.36. The molecule has 1 aliphatic heterocycles. The molecule has 1 aromatic rings. The van der Waals surface area contributed by atoms with Crippen molar-refractivity contribution in [3.8, 4) is 0 Å². The number of benzene rings is 1. The van der Waals surface area contributed by atoms with E-state index in [0.29, 0.717) is 18.8 Å². The van der Waals surface area contributed by atoms with Crippen LogP contribution < -0.4 is 10.2 Å². The van der Waals surface area contributed by atoms with E-state index in [9.17, 15) is 9.18 Å². The number of anilines is 1. The quantitative estimate of drug-likeness (QED) is 0.918. The van der Waals surface area contributed by atoms with Gasteiger partial charge in [0.15, 0.2) is 0 Å². The maximum absolute atomic E-state index is 14.0. The van der Waals surface area contributed by atoms with Crippen molar-refractivity contribution in [1.82, 2.24) is 5.32 Å². The highest BCUT2D eigenvalue weighted by atomic mass is 19.1. The molecule has 1 aromatic carbocycles. The summed E-state index contributed by atoms with van der Waals surface area (Å²) < 4.78 is 14.0. The van der Waals surface area contributed by atoms with Gasteiger partial charge in [0, 0.05) is 13.1 Å². The first-order valence-corrected chi connectivity index (χ1v) is 7.30. The van der Waals surface area contributed by atoms with Gasteiger partial charge in [-0.15, -0.1) is 0 Å². The summed E-state index contributed by atoms with van der Waals surface area (Å²) in [6.45, 7) is 8.03. The van der Waals surface area contributed by atoms with Crippen LogP contribution in [0.2, 0.25) is 0 Å². The third-order valence-corrected chi connectivity index (χ3v) is 4.42. The summed E-state index contributed by atoms with van der Waals surface area (Å²) in [5.41, 5.74) is -0.0369. The number of hydrogen-bond acceptors (Lipinski definition) is 2. The van der Waals surface area contributed by atoms with Crippen molar-refractivity contribution in [3.05, 3.63) is 30.1 Å². The summed E-state index contributed by atoms with van der Waals surface area (Å²) in [5, 5.41) is 3.28. The number of nitrogens with one attached hydrogen (secondary N) is 1. The molecule has 1 saturated heterocycles. The first-order chi connectivity index (χ1) is 9.53. The van der Waals surface area contributed by atoms with Crippen LogP contribution in [0, 0.1) is 17.2 Å². The minimum Gasteiger partial charge on any atom is -0.316 e. The fourth-order valence-corrected chi connectivity index (χ4v) is 3.00. The van der Waals surface area contributed by atoms with E-state index in [1.54, 1.807) is 23.1 Å². The molecule has 1 aliphatic rings. The minimum absolute atomic E-state index is 0.0325. The van der Waals surface area contributed by atoms with Gasteiger partial charge in [-0.1, -0.05) is 26.0 Å². The zero-order valence-electron chi connectivity index (χ0n) is 12.4. The molecule has 0 bridgehead atoms. The Hall–Kier alpha value is -1.42. The SMILES string of the molecule is CCN(C(=O)C1(C(C)C)CCNC1)c1ccccc1F. The highest BCUT2D eigenvalue weighted by molar-refractivity contribution is 5.98. The van der Waals surface area contributed by atoms with Crippen molar-refractivity contribution >= 4 is 11.6 Å². The first kappa shape index (κ1) is 15.0. The number of rotatable bonds is 4. The van der Waals surface area contributed by atoms with E-state index in [1.807, 2.05) is 6.92 Å². The van der Waals surface area contributed by atoms with Crippen LogP contribution in [0.15, 0.2) is 24.3 Å². The molecular formula is C16H23FN2O. The molecule has 1 unspecified atom stereocenters. The van der Waals surface area contributed by atoms with Crippen molar-refractivity contribution in [1.29, 1.82) is 0 Å². The molecule has 1 heterocycles. The van der Waals surface area contributed by atoms with E-state index in [1.165, 1.54) is 6.07 Å². The number of hydrogen-bond donors (Lipinski definition) is 1. The lowest BCUT2D eigenvalue weighted by Gasteiger charge is -2.36. The molecule has 1 amide bonds. The van der Waals surface area contributed by atoms with Crippen molar-refractivity contribution in [2.75, 3.05) is 24.5 Å². The molecule has 0 aromatic heterocycles. The van der Waals surface area contributed by atoms with Gasteiger partial charge in [0.25, 0.3) is 0 Å². The minimum atomic E-state index is -0.418. The molecule has 0 saturated carbocycles. The van der Waals surface area contributed by atoms with Gasteiger partial charge in [0.2, 0.25) is 5.91 Å². The molecule has 0 aliphatic carbocycles. The lowest BCUT2D eigenvalue weighted by molar-refractivity contribution is -0.129. The molecule has 1 N–H and O–H groups in total. The first-order valence-electron chi connectivity index (χ1n) is 7.30. The largest absolute Gasteiger partial charge is 0.316 e. The van der Waals surface area contributed by atoms with Gasteiger partial charge >= 0.3 is 0 Å². The van der Waals surface area contributed by atoms with Gasteiger partial charge in [0.1, 0.15) is 5.82 Å². The summed E-state index contributed by atoms with van der Waals surface area (Å²) in [6, 6.07) is 6.49. The molecular weight excluding hydrogens is 255 g/mol. The highest BCUT2D eigenvalue weighted by Crippen LogP contribution is 2.37. The molecule has 1 atom stereocenters. The third kappa shape index (κ3) is 2.44. The predicted molar refractivity (Wildman–Crippen MR) is 79.2 cm³/mol. The van der Waals surface area contributed by atoms with Gasteiger partial charge in [-0.3, -0.25) is 4.79 Å². The van der Waals surface area contributed by atoms with Crippen LogP contribution in [0.25, 0.3) is 0 Å². The van der Waals surface area contributed by atoms with Crippen molar-refractivity contribution in [2.24, 2.45) is 11.3 Å².